The third kappa shape index (κ3) is 2.30. The molecular formula is C13H12F4N4. The lowest BCUT2D eigenvalue weighted by Gasteiger charge is -2.09. The van der Waals surface area contributed by atoms with Gasteiger partial charge in [0, 0.05) is 11.5 Å². The molecular weight excluding hydrogens is 288 g/mol. The van der Waals surface area contributed by atoms with Crippen molar-refractivity contribution in [2.45, 2.75) is 24.9 Å². The number of imidazole rings is 1. The highest BCUT2D eigenvalue weighted by Gasteiger charge is 2.35. The molecule has 4 N–H and O–H groups in total. The molecule has 3 rings (SSSR count). The van der Waals surface area contributed by atoms with Gasteiger partial charge in [0.15, 0.2) is 5.82 Å². The van der Waals surface area contributed by atoms with Crippen LogP contribution in [0.2, 0.25) is 0 Å². The zero-order chi connectivity index (χ0) is 15.4. The van der Waals surface area contributed by atoms with Crippen LogP contribution in [-0.4, -0.2) is 9.66 Å². The second kappa shape index (κ2) is 4.37. The van der Waals surface area contributed by atoms with E-state index in [1.807, 2.05) is 0 Å². The molecule has 0 spiro atoms. The van der Waals surface area contributed by atoms with Crippen LogP contribution >= 0.6 is 0 Å². The Labute approximate surface area is 117 Å². The van der Waals surface area contributed by atoms with Gasteiger partial charge in [0.2, 0.25) is 0 Å². The van der Waals surface area contributed by atoms with Crippen LogP contribution in [0.3, 0.4) is 0 Å². The Hall–Kier alpha value is -2.25. The van der Waals surface area contributed by atoms with E-state index >= 15 is 0 Å². The highest BCUT2D eigenvalue weighted by atomic mass is 19.4. The number of hydrogen-bond acceptors (Lipinski definition) is 3. The molecule has 1 aliphatic carbocycles. The molecule has 1 saturated carbocycles. The van der Waals surface area contributed by atoms with Crippen LogP contribution in [0.5, 0.6) is 0 Å². The average molecular weight is 300 g/mol. The van der Waals surface area contributed by atoms with E-state index in [0.717, 1.165) is 18.9 Å². The molecule has 0 bridgehead atoms. The summed E-state index contributed by atoms with van der Waals surface area (Å²) in [7, 11) is 0. The lowest BCUT2D eigenvalue weighted by molar-refractivity contribution is -0.139. The van der Waals surface area contributed by atoms with E-state index in [2.05, 4.69) is 4.98 Å². The van der Waals surface area contributed by atoms with Crippen LogP contribution in [0.1, 0.15) is 30.1 Å². The molecule has 112 valence electrons. The highest BCUT2D eigenvalue weighted by molar-refractivity contribution is 5.72. The van der Waals surface area contributed by atoms with E-state index in [4.69, 9.17) is 11.6 Å². The zero-order valence-electron chi connectivity index (χ0n) is 10.8. The van der Waals surface area contributed by atoms with E-state index < -0.39 is 17.6 Å². The van der Waals surface area contributed by atoms with Gasteiger partial charge < -0.3 is 11.6 Å². The van der Waals surface area contributed by atoms with E-state index in [1.165, 1.54) is 10.7 Å². The van der Waals surface area contributed by atoms with Crippen LogP contribution in [0.25, 0.3) is 11.3 Å². The van der Waals surface area contributed by atoms with Crippen LogP contribution in [0, 0.1) is 5.82 Å². The Morgan fingerprint density at radius 3 is 2.48 bits per heavy atom. The van der Waals surface area contributed by atoms with Gasteiger partial charge in [-0.15, -0.1) is 0 Å². The number of halogens is 4. The van der Waals surface area contributed by atoms with Crippen LogP contribution < -0.4 is 11.6 Å². The Balaban J connectivity index is 2.11. The predicted octanol–water partition coefficient (Wildman–Crippen LogP) is 2.88. The molecule has 1 aliphatic rings. The monoisotopic (exact) mass is 300 g/mol. The Bertz CT molecular complexity index is 701. The van der Waals surface area contributed by atoms with Crippen molar-refractivity contribution >= 4 is 5.82 Å². The van der Waals surface area contributed by atoms with Crippen molar-refractivity contribution in [3.63, 3.8) is 0 Å². The molecule has 0 atom stereocenters. The minimum atomic E-state index is -4.78. The molecule has 1 aromatic carbocycles. The minimum Gasteiger partial charge on any atom is -0.382 e. The third-order valence-electron chi connectivity index (χ3n) is 3.46. The van der Waals surface area contributed by atoms with Gasteiger partial charge in [-0.25, -0.2) is 14.1 Å². The topological polar surface area (TPSA) is 69.9 Å². The lowest BCUT2D eigenvalue weighted by atomic mass is 10.1. The normalized spacial score (nSPS) is 15.4. The van der Waals surface area contributed by atoms with Crippen molar-refractivity contribution in [3.05, 3.63) is 35.4 Å². The number of rotatable bonds is 2. The standard InChI is InChI=1S/C13H12F4N4/c14-9-4-3-7(5-8(9)13(15,16)17)10-11(18)21(19)12(20-10)6-1-2-6/h3-6H,1-2,18-19H2. The maximum atomic E-state index is 13.3. The summed E-state index contributed by atoms with van der Waals surface area (Å²) in [4.78, 5) is 4.22. The molecule has 1 aromatic heterocycles. The zero-order valence-corrected chi connectivity index (χ0v) is 10.8. The molecule has 0 aliphatic heterocycles. The molecule has 4 nitrogen and oxygen atoms in total. The molecule has 0 saturated heterocycles. The summed E-state index contributed by atoms with van der Waals surface area (Å²) in [6.45, 7) is 0. The Morgan fingerprint density at radius 2 is 1.90 bits per heavy atom. The first kappa shape index (κ1) is 13.7. The number of nitrogens with two attached hydrogens (primary N) is 2. The first-order valence-corrected chi connectivity index (χ1v) is 6.29. The maximum absolute atomic E-state index is 13.3. The summed E-state index contributed by atoms with van der Waals surface area (Å²) in [6, 6.07) is 2.66. The SMILES string of the molecule is Nc1c(-c2ccc(F)c(C(F)(F)F)c2)nc(C2CC2)n1N. The Morgan fingerprint density at radius 1 is 1.24 bits per heavy atom. The number of benzene rings is 1. The Kier molecular flexibility index (Phi) is 2.86. The quantitative estimate of drug-likeness (QED) is 0.662. The second-order valence-electron chi connectivity index (χ2n) is 5.04. The summed E-state index contributed by atoms with van der Waals surface area (Å²) < 4.78 is 52.7. The van der Waals surface area contributed by atoms with Crippen LogP contribution in [-0.2, 0) is 6.18 Å². The van der Waals surface area contributed by atoms with Gasteiger partial charge in [-0.05, 0) is 31.0 Å². The summed E-state index contributed by atoms with van der Waals surface area (Å²) in [5.41, 5.74) is 4.68. The number of nitrogens with zero attached hydrogens (tertiary/aromatic N) is 2. The van der Waals surface area contributed by atoms with Crippen LogP contribution in [0.15, 0.2) is 18.2 Å². The maximum Gasteiger partial charge on any atom is 0.419 e. The third-order valence-corrected chi connectivity index (χ3v) is 3.46. The fourth-order valence-electron chi connectivity index (χ4n) is 2.19. The fraction of sp³-hybridized carbons (Fsp3) is 0.308. The van der Waals surface area contributed by atoms with Gasteiger partial charge in [-0.1, -0.05) is 0 Å². The van der Waals surface area contributed by atoms with Gasteiger partial charge in [0.05, 0.1) is 5.56 Å². The van der Waals surface area contributed by atoms with Crippen molar-refractivity contribution in [1.29, 1.82) is 0 Å². The van der Waals surface area contributed by atoms with Gasteiger partial charge in [-0.3, -0.25) is 0 Å². The number of anilines is 1. The summed E-state index contributed by atoms with van der Waals surface area (Å²) in [6.07, 6.45) is -2.94. The summed E-state index contributed by atoms with van der Waals surface area (Å²) in [5.74, 6) is 5.23. The number of alkyl halides is 3. The van der Waals surface area contributed by atoms with Crippen molar-refractivity contribution in [2.24, 2.45) is 0 Å². The van der Waals surface area contributed by atoms with Gasteiger partial charge in [-0.2, -0.15) is 13.2 Å². The first-order chi connectivity index (χ1) is 9.79. The van der Waals surface area contributed by atoms with Gasteiger partial charge in [0.25, 0.3) is 0 Å². The average Bonchev–Trinajstić information content (AvgIpc) is 3.19. The van der Waals surface area contributed by atoms with Crippen molar-refractivity contribution in [1.82, 2.24) is 9.66 Å². The molecule has 1 heterocycles. The van der Waals surface area contributed by atoms with Crippen molar-refractivity contribution < 1.29 is 17.6 Å². The van der Waals surface area contributed by atoms with Crippen molar-refractivity contribution in [2.75, 3.05) is 11.6 Å². The first-order valence-electron chi connectivity index (χ1n) is 6.29. The molecule has 1 fully saturated rings. The summed E-state index contributed by atoms with van der Waals surface area (Å²) in [5, 5.41) is 0. The molecule has 8 heteroatoms. The van der Waals surface area contributed by atoms with E-state index in [9.17, 15) is 17.6 Å². The fourth-order valence-corrected chi connectivity index (χ4v) is 2.19. The largest absolute Gasteiger partial charge is 0.419 e. The highest BCUT2D eigenvalue weighted by Crippen LogP contribution is 2.42. The summed E-state index contributed by atoms with van der Waals surface area (Å²) >= 11 is 0. The van der Waals surface area contributed by atoms with E-state index in [-0.39, 0.29) is 23.0 Å². The van der Waals surface area contributed by atoms with Gasteiger partial charge >= 0.3 is 6.18 Å². The molecule has 2 aromatic rings. The molecule has 0 radical (unpaired) electrons. The van der Waals surface area contributed by atoms with Crippen molar-refractivity contribution in [3.8, 4) is 11.3 Å². The smallest absolute Gasteiger partial charge is 0.382 e. The number of aromatic nitrogens is 2. The van der Waals surface area contributed by atoms with E-state index in [0.29, 0.717) is 11.9 Å². The lowest BCUT2D eigenvalue weighted by Crippen LogP contribution is -2.14. The number of nitrogen functional groups attached to an aromatic ring is 2. The van der Waals surface area contributed by atoms with Crippen LogP contribution in [0.4, 0.5) is 23.4 Å². The van der Waals surface area contributed by atoms with Gasteiger partial charge in [0.1, 0.15) is 17.3 Å². The molecule has 0 amide bonds. The number of hydrogen-bond donors (Lipinski definition) is 2. The van der Waals surface area contributed by atoms with E-state index in [1.54, 1.807) is 0 Å². The molecule has 0 unspecified atom stereocenters. The molecule has 21 heavy (non-hydrogen) atoms. The predicted molar refractivity (Wildman–Crippen MR) is 69.2 cm³/mol. The second-order valence-corrected chi connectivity index (χ2v) is 5.04. The minimum absolute atomic E-state index is 0.0663.